The number of anilines is 1. The standard InChI is InChI=1S/C24H20N4O2S/c29-23(26-14-19-3-1-2-10-25-19)16-6-4-15(5-7-16)20-12-21(20)24(30)28-18-9-8-17-13-27-31-22(17)11-18/h1-11,13,20-21H,12,14H2,(H,26,29)(H,28,30)/t20-,21+/m1/s1. The van der Waals surface area contributed by atoms with Crippen LogP contribution in [0.3, 0.4) is 0 Å². The zero-order valence-electron chi connectivity index (χ0n) is 16.6. The molecule has 0 bridgehead atoms. The van der Waals surface area contributed by atoms with Gasteiger partial charge in [-0.2, -0.15) is 4.37 Å². The predicted octanol–water partition coefficient (Wildman–Crippen LogP) is 4.36. The van der Waals surface area contributed by atoms with Gasteiger partial charge in [-0.25, -0.2) is 0 Å². The Hall–Kier alpha value is -3.58. The Morgan fingerprint density at radius 1 is 1.06 bits per heavy atom. The van der Waals surface area contributed by atoms with Gasteiger partial charge in [0.1, 0.15) is 0 Å². The Balaban J connectivity index is 1.17. The van der Waals surface area contributed by atoms with Crippen LogP contribution < -0.4 is 10.6 Å². The van der Waals surface area contributed by atoms with Gasteiger partial charge in [0.25, 0.3) is 5.91 Å². The minimum Gasteiger partial charge on any atom is -0.346 e. The van der Waals surface area contributed by atoms with Crippen LogP contribution in [0.5, 0.6) is 0 Å². The third kappa shape index (κ3) is 4.32. The molecule has 0 radical (unpaired) electrons. The summed E-state index contributed by atoms with van der Waals surface area (Å²) in [6.45, 7) is 0.389. The number of hydrogen-bond donors (Lipinski definition) is 2. The van der Waals surface area contributed by atoms with Gasteiger partial charge in [0.2, 0.25) is 5.91 Å². The highest BCUT2D eigenvalue weighted by molar-refractivity contribution is 7.13. The highest BCUT2D eigenvalue weighted by Gasteiger charge is 2.43. The van der Waals surface area contributed by atoms with Crippen LogP contribution >= 0.6 is 11.5 Å². The van der Waals surface area contributed by atoms with Gasteiger partial charge in [0.15, 0.2) is 0 Å². The Kier molecular flexibility index (Phi) is 5.18. The molecule has 2 atom stereocenters. The van der Waals surface area contributed by atoms with E-state index in [-0.39, 0.29) is 23.7 Å². The molecule has 2 aromatic carbocycles. The van der Waals surface area contributed by atoms with Crippen molar-refractivity contribution in [2.75, 3.05) is 5.32 Å². The van der Waals surface area contributed by atoms with Crippen molar-refractivity contribution >= 4 is 39.1 Å². The lowest BCUT2D eigenvalue weighted by molar-refractivity contribution is -0.117. The summed E-state index contributed by atoms with van der Waals surface area (Å²) in [6.07, 6.45) is 4.35. The molecule has 0 unspecified atom stereocenters. The van der Waals surface area contributed by atoms with E-state index >= 15 is 0 Å². The summed E-state index contributed by atoms with van der Waals surface area (Å²) in [7, 11) is 0. The van der Waals surface area contributed by atoms with E-state index in [1.54, 1.807) is 6.20 Å². The molecule has 1 fully saturated rings. The van der Waals surface area contributed by atoms with Crippen molar-refractivity contribution in [3.63, 3.8) is 0 Å². The monoisotopic (exact) mass is 428 g/mol. The molecule has 31 heavy (non-hydrogen) atoms. The molecule has 7 heteroatoms. The highest BCUT2D eigenvalue weighted by atomic mass is 32.1. The summed E-state index contributed by atoms with van der Waals surface area (Å²) in [5, 5.41) is 6.97. The van der Waals surface area contributed by atoms with E-state index in [0.717, 1.165) is 33.5 Å². The second kappa shape index (κ2) is 8.28. The Labute approximate surface area is 183 Å². The highest BCUT2D eigenvalue weighted by Crippen LogP contribution is 2.48. The average molecular weight is 429 g/mol. The van der Waals surface area contributed by atoms with Crippen LogP contribution in [0, 0.1) is 5.92 Å². The normalized spacial score (nSPS) is 17.3. The van der Waals surface area contributed by atoms with Crippen molar-refractivity contribution in [2.45, 2.75) is 18.9 Å². The number of amides is 2. The van der Waals surface area contributed by atoms with E-state index in [1.165, 1.54) is 11.5 Å². The van der Waals surface area contributed by atoms with E-state index in [1.807, 2.05) is 66.9 Å². The SMILES string of the molecule is O=C(NCc1ccccn1)c1ccc([C@H]2C[C@@H]2C(=O)Nc2ccc3cnsc3c2)cc1. The van der Waals surface area contributed by atoms with Crippen molar-refractivity contribution < 1.29 is 9.59 Å². The molecule has 154 valence electrons. The lowest BCUT2D eigenvalue weighted by Crippen LogP contribution is -2.23. The fraction of sp³-hybridized carbons (Fsp3) is 0.167. The fourth-order valence-corrected chi connectivity index (χ4v) is 4.37. The average Bonchev–Trinajstić information content (AvgIpc) is 3.48. The van der Waals surface area contributed by atoms with Gasteiger partial charge in [-0.05, 0) is 71.9 Å². The summed E-state index contributed by atoms with van der Waals surface area (Å²) < 4.78 is 5.22. The Morgan fingerprint density at radius 3 is 2.74 bits per heavy atom. The van der Waals surface area contributed by atoms with Crippen LogP contribution in [0.25, 0.3) is 10.1 Å². The second-order valence-electron chi connectivity index (χ2n) is 7.64. The van der Waals surface area contributed by atoms with Crippen LogP contribution in [0.4, 0.5) is 5.69 Å². The lowest BCUT2D eigenvalue weighted by atomic mass is 10.1. The van der Waals surface area contributed by atoms with Gasteiger partial charge >= 0.3 is 0 Å². The van der Waals surface area contributed by atoms with E-state index in [9.17, 15) is 9.59 Å². The maximum atomic E-state index is 12.6. The van der Waals surface area contributed by atoms with Gasteiger partial charge in [0, 0.05) is 34.9 Å². The first kappa shape index (κ1) is 19.4. The fourth-order valence-electron chi connectivity index (χ4n) is 3.68. The van der Waals surface area contributed by atoms with E-state index in [2.05, 4.69) is 20.0 Å². The number of hydrogen-bond acceptors (Lipinski definition) is 5. The van der Waals surface area contributed by atoms with Crippen molar-refractivity contribution in [1.82, 2.24) is 14.7 Å². The first-order valence-corrected chi connectivity index (χ1v) is 10.9. The Morgan fingerprint density at radius 2 is 1.94 bits per heavy atom. The molecular formula is C24H20N4O2S. The van der Waals surface area contributed by atoms with Gasteiger partial charge in [-0.3, -0.25) is 14.6 Å². The third-order valence-electron chi connectivity index (χ3n) is 5.51. The van der Waals surface area contributed by atoms with Gasteiger partial charge in [0.05, 0.1) is 16.9 Å². The van der Waals surface area contributed by atoms with Crippen LogP contribution in [0.15, 0.2) is 73.1 Å². The molecule has 2 aromatic heterocycles. The van der Waals surface area contributed by atoms with Crippen LogP contribution in [0.2, 0.25) is 0 Å². The number of nitrogens with zero attached hydrogens (tertiary/aromatic N) is 2. The molecule has 2 amide bonds. The van der Waals surface area contributed by atoms with Gasteiger partial charge < -0.3 is 10.6 Å². The molecule has 2 heterocycles. The topological polar surface area (TPSA) is 84.0 Å². The number of fused-ring (bicyclic) bond motifs is 1. The molecular weight excluding hydrogens is 408 g/mol. The zero-order valence-corrected chi connectivity index (χ0v) is 17.4. The summed E-state index contributed by atoms with van der Waals surface area (Å²) >= 11 is 1.42. The van der Waals surface area contributed by atoms with Crippen molar-refractivity contribution in [3.05, 3.63) is 89.9 Å². The van der Waals surface area contributed by atoms with E-state index in [0.29, 0.717) is 12.1 Å². The maximum Gasteiger partial charge on any atom is 0.251 e. The zero-order chi connectivity index (χ0) is 21.2. The lowest BCUT2D eigenvalue weighted by Gasteiger charge is -2.07. The van der Waals surface area contributed by atoms with Gasteiger partial charge in [-0.1, -0.05) is 18.2 Å². The number of carbonyl (C=O) groups is 2. The van der Waals surface area contributed by atoms with Crippen LogP contribution in [-0.4, -0.2) is 21.2 Å². The number of benzene rings is 2. The molecule has 0 saturated heterocycles. The smallest absolute Gasteiger partial charge is 0.251 e. The van der Waals surface area contributed by atoms with Gasteiger partial charge in [-0.15, -0.1) is 0 Å². The van der Waals surface area contributed by atoms with E-state index < -0.39 is 0 Å². The minimum atomic E-state index is -0.138. The molecule has 0 aliphatic heterocycles. The molecule has 1 aliphatic carbocycles. The minimum absolute atomic E-state index is 0.0334. The van der Waals surface area contributed by atoms with E-state index in [4.69, 9.17) is 0 Å². The molecule has 0 spiro atoms. The number of aromatic nitrogens is 2. The van der Waals surface area contributed by atoms with Crippen molar-refractivity contribution in [3.8, 4) is 0 Å². The first-order chi connectivity index (χ1) is 15.2. The largest absolute Gasteiger partial charge is 0.346 e. The molecule has 1 saturated carbocycles. The molecule has 6 nitrogen and oxygen atoms in total. The quantitative estimate of drug-likeness (QED) is 0.478. The summed E-state index contributed by atoms with van der Waals surface area (Å²) in [6, 6.07) is 19.0. The first-order valence-electron chi connectivity index (χ1n) is 10.1. The summed E-state index contributed by atoms with van der Waals surface area (Å²) in [5.74, 6) is 0.0468. The van der Waals surface area contributed by atoms with Crippen LogP contribution in [-0.2, 0) is 11.3 Å². The second-order valence-corrected chi connectivity index (χ2v) is 8.48. The predicted molar refractivity (Wildman–Crippen MR) is 121 cm³/mol. The van der Waals surface area contributed by atoms with Crippen molar-refractivity contribution in [1.29, 1.82) is 0 Å². The number of nitrogens with one attached hydrogen (secondary N) is 2. The third-order valence-corrected chi connectivity index (χ3v) is 6.27. The number of carbonyl (C=O) groups excluding carboxylic acids is 2. The number of rotatable bonds is 6. The maximum absolute atomic E-state index is 12.6. The molecule has 2 N–H and O–H groups in total. The molecule has 1 aliphatic rings. The Bertz CT molecular complexity index is 1240. The summed E-state index contributed by atoms with van der Waals surface area (Å²) in [4.78, 5) is 29.2. The molecule has 4 aromatic rings. The molecule has 5 rings (SSSR count). The summed E-state index contributed by atoms with van der Waals surface area (Å²) in [5.41, 5.74) is 3.29. The van der Waals surface area contributed by atoms with Crippen molar-refractivity contribution in [2.24, 2.45) is 5.92 Å². The number of pyridine rings is 1. The van der Waals surface area contributed by atoms with Crippen LogP contribution in [0.1, 0.15) is 34.0 Å².